The summed E-state index contributed by atoms with van der Waals surface area (Å²) in [4.78, 5) is 0. The molecule has 0 aliphatic carbocycles. The van der Waals surface area contributed by atoms with Crippen molar-refractivity contribution in [3.05, 3.63) is 10.8 Å². The first-order chi connectivity index (χ1) is 11.8. The molecule has 0 spiro atoms. The molecular formula is C12H24ClCrN6O4S2. The van der Waals surface area contributed by atoms with Gasteiger partial charge in [0.1, 0.15) is 0 Å². The molecule has 1 radical (unpaired) electrons. The Morgan fingerprint density at radius 2 is 0.769 bits per heavy atom. The zero-order valence-electron chi connectivity index (χ0n) is 14.2. The number of nitrogens with one attached hydrogen (secondary N) is 4. The maximum atomic E-state index is 8.49. The van der Waals surface area contributed by atoms with Gasteiger partial charge in [-0.15, -0.1) is 10.2 Å². The minimum atomic E-state index is -4.94. The van der Waals surface area contributed by atoms with Gasteiger partial charge in [-0.25, -0.2) is 18.6 Å². The third-order valence-electron chi connectivity index (χ3n) is 2.37. The van der Waals surface area contributed by atoms with Crippen LogP contribution in [0, 0.1) is 10.2 Å². The average Bonchev–Trinajstić information content (AvgIpc) is 2.50. The van der Waals surface area contributed by atoms with E-state index in [2.05, 4.69) is 45.7 Å². The van der Waals surface area contributed by atoms with Crippen molar-refractivity contribution in [2.45, 2.75) is 12.8 Å². The summed E-state index contributed by atoms with van der Waals surface area (Å²) in [7, 11) is -4.94. The van der Waals surface area contributed by atoms with Gasteiger partial charge in [0.05, 0.1) is 0 Å². The number of hydrogen-bond donors (Lipinski definition) is 4. The molecular weight excluding hydrogens is 444 g/mol. The Morgan fingerprint density at radius 3 is 0.923 bits per heavy atom. The van der Waals surface area contributed by atoms with Crippen LogP contribution in [0.25, 0.3) is 10.8 Å². The van der Waals surface area contributed by atoms with Crippen molar-refractivity contribution in [2.24, 2.45) is 0 Å². The molecule has 1 heterocycles. The van der Waals surface area contributed by atoms with Crippen molar-refractivity contribution in [1.29, 1.82) is 0 Å². The van der Waals surface area contributed by atoms with Gasteiger partial charge in [-0.3, -0.25) is 0 Å². The smallest absolute Gasteiger partial charge is 0.753 e. The fourth-order valence-corrected chi connectivity index (χ4v) is 1.53. The molecule has 0 atom stereocenters. The normalized spacial score (nSPS) is 15.8. The van der Waals surface area contributed by atoms with Crippen molar-refractivity contribution >= 4 is 34.8 Å². The molecule has 26 heavy (non-hydrogen) atoms. The van der Waals surface area contributed by atoms with E-state index in [9.17, 15) is 0 Å². The topological polar surface area (TPSA) is 185 Å². The van der Waals surface area contributed by atoms with Crippen LogP contribution in [0.5, 0.6) is 0 Å². The first-order valence-electron chi connectivity index (χ1n) is 7.30. The number of thiocarbonyl (C=S) groups is 2. The summed E-state index contributed by atoms with van der Waals surface area (Å²) in [5.74, 6) is 0. The Kier molecular flexibility index (Phi) is 38.7. The molecule has 14 heteroatoms. The molecule has 0 bridgehead atoms. The van der Waals surface area contributed by atoms with Crippen LogP contribution in [-0.4, -0.2) is 62.7 Å². The SMILES string of the molecule is C1CNCCNCCCNCCNC1.[Cr+3].[N-]=C=S.[N-]=C=S.[O-][Cl+3]([O-])([O-])[O-]. The van der Waals surface area contributed by atoms with Gasteiger partial charge in [-0.1, -0.05) is 24.4 Å². The second-order valence-corrected chi connectivity index (χ2v) is 5.39. The van der Waals surface area contributed by atoms with Gasteiger partial charge in [0.25, 0.3) is 0 Å². The van der Waals surface area contributed by atoms with Gasteiger partial charge in [-0.05, 0) is 39.0 Å². The molecule has 1 aliphatic heterocycles. The number of rotatable bonds is 0. The molecule has 0 aromatic heterocycles. The van der Waals surface area contributed by atoms with Crippen LogP contribution in [0.2, 0.25) is 0 Å². The molecule has 4 N–H and O–H groups in total. The van der Waals surface area contributed by atoms with Gasteiger partial charge in [0.2, 0.25) is 0 Å². The zero-order chi connectivity index (χ0) is 19.8. The van der Waals surface area contributed by atoms with Crippen LogP contribution >= 0.6 is 24.4 Å². The summed E-state index contributed by atoms with van der Waals surface area (Å²) < 4.78 is 34.0. The molecule has 10 nitrogen and oxygen atoms in total. The fraction of sp³-hybridized carbons (Fsp3) is 0.833. The summed E-state index contributed by atoms with van der Waals surface area (Å²) in [6, 6.07) is 0. The van der Waals surface area contributed by atoms with Crippen LogP contribution in [0.15, 0.2) is 0 Å². The van der Waals surface area contributed by atoms with E-state index >= 15 is 0 Å². The van der Waals surface area contributed by atoms with E-state index < -0.39 is 10.2 Å². The average molecular weight is 468 g/mol. The van der Waals surface area contributed by atoms with Crippen LogP contribution in [0.4, 0.5) is 0 Å². The second-order valence-electron chi connectivity index (χ2n) is 4.27. The molecule has 0 unspecified atom stereocenters. The quantitative estimate of drug-likeness (QED) is 0.200. The van der Waals surface area contributed by atoms with Gasteiger partial charge in [0, 0.05) is 26.2 Å². The van der Waals surface area contributed by atoms with Crippen LogP contribution in [0.1, 0.15) is 12.8 Å². The molecule has 0 aromatic carbocycles. The number of isothiocyanates is 2. The summed E-state index contributed by atoms with van der Waals surface area (Å²) in [6.07, 6.45) is 2.44. The van der Waals surface area contributed by atoms with Crippen LogP contribution in [0.3, 0.4) is 0 Å². The molecule has 1 fully saturated rings. The third kappa shape index (κ3) is 64.7. The van der Waals surface area contributed by atoms with E-state index in [-0.39, 0.29) is 17.4 Å². The maximum Gasteiger partial charge on any atom is 3.00 e. The Bertz CT molecular complexity index is 273. The summed E-state index contributed by atoms with van der Waals surface area (Å²) in [5.41, 5.74) is 0. The first-order valence-corrected chi connectivity index (χ1v) is 9.35. The van der Waals surface area contributed by atoms with Crippen LogP contribution in [-0.2, 0) is 17.4 Å². The molecule has 1 aliphatic rings. The summed E-state index contributed by atoms with van der Waals surface area (Å²) in [5, 5.41) is 30.6. The molecule has 1 rings (SSSR count). The molecule has 0 saturated carbocycles. The molecule has 0 amide bonds. The van der Waals surface area contributed by atoms with Crippen molar-refractivity contribution in [3.8, 4) is 0 Å². The monoisotopic (exact) mass is 467 g/mol. The second kappa shape index (κ2) is 29.9. The molecule has 151 valence electrons. The van der Waals surface area contributed by atoms with E-state index in [1.807, 2.05) is 0 Å². The minimum absolute atomic E-state index is 0. The first kappa shape index (κ1) is 33.7. The van der Waals surface area contributed by atoms with E-state index in [0.717, 1.165) is 52.4 Å². The Balaban J connectivity index is -0.000000168. The van der Waals surface area contributed by atoms with Gasteiger partial charge in [-0.2, -0.15) is 10.3 Å². The van der Waals surface area contributed by atoms with E-state index in [1.165, 1.54) is 23.2 Å². The van der Waals surface area contributed by atoms with E-state index in [0.29, 0.717) is 0 Å². The fourth-order valence-electron chi connectivity index (χ4n) is 1.53. The van der Waals surface area contributed by atoms with Crippen molar-refractivity contribution in [3.63, 3.8) is 0 Å². The maximum absolute atomic E-state index is 8.49. The van der Waals surface area contributed by atoms with E-state index in [4.69, 9.17) is 29.5 Å². The van der Waals surface area contributed by atoms with Gasteiger partial charge >= 0.3 is 17.4 Å². The van der Waals surface area contributed by atoms with Gasteiger partial charge < -0.3 is 32.1 Å². The third-order valence-corrected chi connectivity index (χ3v) is 2.37. The summed E-state index contributed by atoms with van der Waals surface area (Å²) >= 11 is 7.40. The Labute approximate surface area is 178 Å². The van der Waals surface area contributed by atoms with E-state index in [1.54, 1.807) is 0 Å². The van der Waals surface area contributed by atoms with Crippen LogP contribution < -0.4 is 39.9 Å². The number of nitrogens with zero attached hydrogens (tertiary/aromatic N) is 2. The van der Waals surface area contributed by atoms with Crippen molar-refractivity contribution in [1.82, 2.24) is 21.3 Å². The standard InChI is InChI=1S/C10H24N4.2CNS.ClHO4.Cr/c1-3-11-7-9-13-5-2-6-14-10-8-12-4-1;2*2-1-3;2-1(3,4)5;/h11-14H,1-10H2;;;(H,2,3,4,5);/q;2*-1;;+3/p-1. The van der Waals surface area contributed by atoms with Gasteiger partial charge in [0.15, 0.2) is 0 Å². The molecule has 1 saturated heterocycles. The summed E-state index contributed by atoms with van der Waals surface area (Å²) in [6.45, 7) is 8.87. The Hall–Kier alpha value is 0.102. The predicted molar refractivity (Wildman–Crippen MR) is 92.6 cm³/mol. The molecule has 0 aromatic rings. The minimum Gasteiger partial charge on any atom is -0.753 e. The number of halogens is 1. The van der Waals surface area contributed by atoms with Crippen molar-refractivity contribution in [2.75, 3.05) is 52.4 Å². The predicted octanol–water partition coefficient (Wildman–Crippen LogP) is -4.30. The Morgan fingerprint density at radius 1 is 0.615 bits per heavy atom. The number of hydrogen-bond acceptors (Lipinski definition) is 10. The van der Waals surface area contributed by atoms with Crippen molar-refractivity contribution < 1.29 is 46.2 Å². The largest absolute Gasteiger partial charge is 3.00 e. The zero-order valence-corrected chi connectivity index (χ0v) is 17.9.